The normalized spacial score (nSPS) is 15.1. The van der Waals surface area contributed by atoms with Crippen LogP contribution in [0.1, 0.15) is 0 Å². The Balaban J connectivity index is 5.75. The van der Waals surface area contributed by atoms with Gasteiger partial charge < -0.3 is 8.95 Å². The molecule has 0 aliphatic heterocycles. The Bertz CT molecular complexity index is 374. The molecular weight excluding hydrogens is 328 g/mol. The predicted molar refractivity (Wildman–Crippen MR) is 105 cm³/mol. The first-order valence-corrected chi connectivity index (χ1v) is 21.4. The summed E-state index contributed by atoms with van der Waals surface area (Å²) in [6.07, 6.45) is 0. The van der Waals surface area contributed by atoms with Gasteiger partial charge in [0.2, 0.25) is 16.6 Å². The van der Waals surface area contributed by atoms with Gasteiger partial charge in [0.1, 0.15) is 0 Å². The van der Waals surface area contributed by atoms with Gasteiger partial charge in [-0.05, 0) is 78.6 Å². The third-order valence-electron chi connectivity index (χ3n) is 1.98. The lowest BCUT2D eigenvalue weighted by molar-refractivity contribution is 0.0707. The molecule has 0 unspecified atom stereocenters. The van der Waals surface area contributed by atoms with Gasteiger partial charge in [-0.1, -0.05) is 0 Å². The summed E-state index contributed by atoms with van der Waals surface area (Å²) in [4.78, 5) is 0. The summed E-state index contributed by atoms with van der Waals surface area (Å²) in [6.45, 7) is 26.8. The predicted octanol–water partition coefficient (Wildman–Crippen LogP) is 4.93. The van der Waals surface area contributed by atoms with Gasteiger partial charge in [0, 0.05) is 0 Å². The molecule has 21 heavy (non-hydrogen) atoms. The minimum atomic E-state index is -1.73. The number of hydrogen-bond donors (Lipinski definition) is 0. The summed E-state index contributed by atoms with van der Waals surface area (Å²) in [5, 5.41) is 0. The molecule has 0 aromatic rings. The van der Waals surface area contributed by atoms with Crippen molar-refractivity contribution >= 4 is 39.1 Å². The Morgan fingerprint density at radius 1 is 0.714 bits per heavy atom. The van der Waals surface area contributed by atoms with E-state index in [9.17, 15) is 0 Å². The molecule has 0 N–H and O–H groups in total. The van der Waals surface area contributed by atoms with E-state index in [2.05, 4.69) is 83.3 Å². The average molecular weight is 365 g/mol. The fourth-order valence-electron chi connectivity index (χ4n) is 1.41. The lowest BCUT2D eigenvalue weighted by atomic mass is 11.2. The maximum Gasteiger partial charge on any atom is 0.278 e. The van der Waals surface area contributed by atoms with Crippen LogP contribution in [0.15, 0.2) is 4.66 Å². The Labute approximate surface area is 136 Å². The van der Waals surface area contributed by atoms with E-state index in [4.69, 9.17) is 13.6 Å². The molecule has 0 atom stereocenters. The highest BCUT2D eigenvalue weighted by Gasteiger charge is 2.36. The van der Waals surface area contributed by atoms with Crippen LogP contribution in [-0.4, -0.2) is 43.9 Å². The lowest BCUT2D eigenvalue weighted by Crippen LogP contribution is -2.57. The van der Waals surface area contributed by atoms with Crippen molar-refractivity contribution in [2.75, 3.05) is 0 Å². The van der Waals surface area contributed by atoms with E-state index in [1.54, 1.807) is 0 Å². The van der Waals surface area contributed by atoms with Gasteiger partial charge in [-0.15, -0.1) is 0 Å². The monoisotopic (exact) mass is 364 g/mol. The summed E-state index contributed by atoms with van der Waals surface area (Å²) in [5.74, 6) is 0. The Hall–Kier alpha value is 0.0975. The van der Waals surface area contributed by atoms with Gasteiger partial charge in [-0.3, -0.25) is 9.39 Å². The van der Waals surface area contributed by atoms with Crippen LogP contribution in [0.4, 0.5) is 0 Å². The summed E-state index contributed by atoms with van der Waals surface area (Å²) in [6, 6.07) is 0.745. The van der Waals surface area contributed by atoms with Crippen molar-refractivity contribution in [3.05, 3.63) is 0 Å². The van der Waals surface area contributed by atoms with Crippen LogP contribution in [0.5, 0.6) is 0 Å². The number of hydroxylamine groups is 1. The Kier molecular flexibility index (Phi) is 6.72. The second kappa shape index (κ2) is 6.69. The highest BCUT2D eigenvalue weighted by molar-refractivity contribution is 6.80. The van der Waals surface area contributed by atoms with Gasteiger partial charge in [-0.2, -0.15) is 0 Å². The van der Waals surface area contributed by atoms with Crippen LogP contribution < -0.4 is 0 Å². The van der Waals surface area contributed by atoms with Gasteiger partial charge in [0.15, 0.2) is 16.5 Å². The van der Waals surface area contributed by atoms with Crippen LogP contribution in [0, 0.1) is 0 Å². The zero-order chi connectivity index (χ0) is 17.3. The summed E-state index contributed by atoms with van der Waals surface area (Å²) >= 11 is 0. The lowest BCUT2D eigenvalue weighted by Gasteiger charge is -2.41. The molecule has 0 bridgehead atoms. The summed E-state index contributed by atoms with van der Waals surface area (Å²) in [7, 11) is -6.80. The van der Waals surface area contributed by atoms with Crippen molar-refractivity contribution in [3.63, 3.8) is 0 Å². The molecule has 0 saturated heterocycles. The molecule has 0 amide bonds. The molecule has 126 valence electrons. The molecule has 0 spiro atoms. The molecule has 0 heterocycles. The molecule has 0 aromatic heterocycles. The Morgan fingerprint density at radius 2 is 1.14 bits per heavy atom. The first kappa shape index (κ1) is 21.1. The van der Waals surface area contributed by atoms with Crippen LogP contribution in [0.25, 0.3) is 0 Å². The van der Waals surface area contributed by atoms with Crippen molar-refractivity contribution in [2.24, 2.45) is 4.66 Å². The fraction of sp³-hybridized carbons (Fsp3) is 0.923. The number of hydrogen-bond acceptors (Lipinski definition) is 3. The summed E-state index contributed by atoms with van der Waals surface area (Å²) < 4.78 is 19.7. The second-order valence-electron chi connectivity index (χ2n) is 9.45. The first-order chi connectivity index (χ1) is 8.91. The van der Waals surface area contributed by atoms with Crippen LogP contribution in [0.3, 0.4) is 0 Å². The van der Waals surface area contributed by atoms with E-state index in [0.717, 1.165) is 6.02 Å². The highest BCUT2D eigenvalue weighted by atomic mass is 28.4. The van der Waals surface area contributed by atoms with E-state index >= 15 is 0 Å². The first-order valence-electron chi connectivity index (χ1n) is 7.69. The minimum Gasteiger partial charge on any atom is -0.519 e. The molecule has 0 aliphatic rings. The molecule has 0 saturated carbocycles. The quantitative estimate of drug-likeness (QED) is 0.300. The molecule has 0 radical (unpaired) electrons. The SMILES string of the molecule is C[Si](C)(C)N=C(O[Si](C)(C)C)N(O[Si](C)(C)C)[Si](C)(C)C. The van der Waals surface area contributed by atoms with Crippen molar-refractivity contribution < 1.29 is 8.95 Å². The molecule has 0 aromatic carbocycles. The molecular formula is C13H36N2O2Si4. The van der Waals surface area contributed by atoms with Crippen LogP contribution in [0.2, 0.25) is 78.6 Å². The second-order valence-corrected chi connectivity index (χ2v) is 27.6. The van der Waals surface area contributed by atoms with Gasteiger partial charge in [0.05, 0.1) is 0 Å². The zero-order valence-electron chi connectivity index (χ0n) is 16.2. The number of amidine groups is 1. The van der Waals surface area contributed by atoms with Crippen molar-refractivity contribution in [1.82, 2.24) is 4.73 Å². The molecule has 0 rings (SSSR count). The average Bonchev–Trinajstić information content (AvgIpc) is 2.04. The molecule has 4 nitrogen and oxygen atoms in total. The van der Waals surface area contributed by atoms with Gasteiger partial charge >= 0.3 is 0 Å². The smallest absolute Gasteiger partial charge is 0.278 e. The van der Waals surface area contributed by atoms with E-state index in [-0.39, 0.29) is 0 Å². The van der Waals surface area contributed by atoms with Crippen molar-refractivity contribution in [2.45, 2.75) is 78.6 Å². The molecule has 0 fully saturated rings. The zero-order valence-corrected chi connectivity index (χ0v) is 20.2. The molecule has 0 aliphatic carbocycles. The van der Waals surface area contributed by atoms with E-state index < -0.39 is 33.1 Å². The molecule has 8 heteroatoms. The van der Waals surface area contributed by atoms with Crippen LogP contribution in [-0.2, 0) is 8.95 Å². The maximum atomic E-state index is 6.38. The fourth-order valence-corrected chi connectivity index (χ4v) is 6.29. The Morgan fingerprint density at radius 3 is 1.38 bits per heavy atom. The largest absolute Gasteiger partial charge is 0.519 e. The number of rotatable bonds is 5. The van der Waals surface area contributed by atoms with Gasteiger partial charge in [-0.25, -0.2) is 0 Å². The third kappa shape index (κ3) is 10.5. The van der Waals surface area contributed by atoms with E-state index in [1.165, 1.54) is 0 Å². The van der Waals surface area contributed by atoms with Crippen molar-refractivity contribution in [1.29, 1.82) is 0 Å². The summed E-state index contributed by atoms with van der Waals surface area (Å²) in [5.41, 5.74) is 0. The maximum absolute atomic E-state index is 6.38. The van der Waals surface area contributed by atoms with Gasteiger partial charge in [0.25, 0.3) is 6.02 Å². The number of nitrogens with zero attached hydrogens (tertiary/aromatic N) is 2. The van der Waals surface area contributed by atoms with Crippen molar-refractivity contribution in [3.8, 4) is 0 Å². The minimum absolute atomic E-state index is 0.745. The topological polar surface area (TPSA) is 34.1 Å². The van der Waals surface area contributed by atoms with Crippen LogP contribution >= 0.6 is 0 Å². The van der Waals surface area contributed by atoms with E-state index in [1.807, 2.05) is 0 Å². The highest BCUT2D eigenvalue weighted by Crippen LogP contribution is 2.21. The van der Waals surface area contributed by atoms with E-state index in [0.29, 0.717) is 0 Å². The third-order valence-corrected chi connectivity index (χ3v) is 6.05. The standard InChI is InChI=1S/C13H36N2O2Si4/c1-18(2,3)14-13(16-20(7,8)9)15(19(4,5)6)17-21(10,11)12/h1-12H3.